The fraction of sp³-hybridized carbons (Fsp3) is 0.400. The molecule has 1 aromatic heterocycles. The predicted octanol–water partition coefficient (Wildman–Crippen LogP) is 3.28. The number of nitrogens with one attached hydrogen (secondary N) is 2. The van der Waals surface area contributed by atoms with E-state index in [4.69, 9.17) is 9.47 Å². The Morgan fingerprint density at radius 1 is 1.08 bits per heavy atom. The first kappa shape index (κ1) is 19.6. The van der Waals surface area contributed by atoms with Crippen LogP contribution in [0, 0.1) is 0 Å². The standard InChI is InChI=1S/C20H27N3O3/c1-20(2,3)23-19(24)16-13-15(9-11-22-16)21-10-8-14-6-7-17(25-4)18(12-14)26-5/h6-7,9,11-13H,8,10H2,1-5H3,(H,21,22)(H,23,24). The average Bonchev–Trinajstić information content (AvgIpc) is 2.60. The molecule has 6 heteroatoms. The number of anilines is 1. The van der Waals surface area contributed by atoms with Crippen molar-refractivity contribution in [3.05, 3.63) is 47.8 Å². The Balaban J connectivity index is 1.96. The molecular formula is C20H27N3O3. The van der Waals surface area contributed by atoms with E-state index in [1.165, 1.54) is 0 Å². The number of aromatic nitrogens is 1. The van der Waals surface area contributed by atoms with Crippen molar-refractivity contribution in [1.82, 2.24) is 10.3 Å². The van der Waals surface area contributed by atoms with Crippen LogP contribution in [-0.4, -0.2) is 37.2 Å². The van der Waals surface area contributed by atoms with Crippen LogP contribution < -0.4 is 20.1 Å². The van der Waals surface area contributed by atoms with E-state index < -0.39 is 0 Å². The highest BCUT2D eigenvalue weighted by Crippen LogP contribution is 2.27. The smallest absolute Gasteiger partial charge is 0.270 e. The molecule has 1 heterocycles. The van der Waals surface area contributed by atoms with Crippen molar-refractivity contribution < 1.29 is 14.3 Å². The molecule has 0 atom stereocenters. The van der Waals surface area contributed by atoms with Crippen molar-refractivity contribution in [2.75, 3.05) is 26.1 Å². The second-order valence-electron chi connectivity index (χ2n) is 7.00. The molecule has 0 spiro atoms. The van der Waals surface area contributed by atoms with Crippen LogP contribution in [0.1, 0.15) is 36.8 Å². The Kier molecular flexibility index (Phi) is 6.44. The second kappa shape index (κ2) is 8.56. The molecule has 0 aliphatic rings. The van der Waals surface area contributed by atoms with Crippen LogP contribution in [-0.2, 0) is 6.42 Å². The second-order valence-corrected chi connectivity index (χ2v) is 7.00. The first-order valence-corrected chi connectivity index (χ1v) is 8.56. The normalized spacial score (nSPS) is 11.0. The predicted molar refractivity (Wildman–Crippen MR) is 103 cm³/mol. The third kappa shape index (κ3) is 5.65. The number of hydrogen-bond acceptors (Lipinski definition) is 5. The number of rotatable bonds is 7. The van der Waals surface area contributed by atoms with E-state index in [0.29, 0.717) is 11.4 Å². The van der Waals surface area contributed by atoms with Crippen LogP contribution in [0.5, 0.6) is 11.5 Å². The third-order valence-corrected chi connectivity index (χ3v) is 3.67. The lowest BCUT2D eigenvalue weighted by Crippen LogP contribution is -2.40. The topological polar surface area (TPSA) is 72.5 Å². The number of benzene rings is 1. The van der Waals surface area contributed by atoms with Gasteiger partial charge in [0.1, 0.15) is 5.69 Å². The first-order valence-electron chi connectivity index (χ1n) is 8.56. The van der Waals surface area contributed by atoms with Gasteiger partial charge in [-0.15, -0.1) is 0 Å². The maximum absolute atomic E-state index is 12.2. The quantitative estimate of drug-likeness (QED) is 0.796. The summed E-state index contributed by atoms with van der Waals surface area (Å²) in [7, 11) is 3.25. The van der Waals surface area contributed by atoms with Gasteiger partial charge in [0.2, 0.25) is 0 Å². The van der Waals surface area contributed by atoms with Gasteiger partial charge in [0.25, 0.3) is 5.91 Å². The molecule has 0 radical (unpaired) electrons. The summed E-state index contributed by atoms with van der Waals surface area (Å²) in [6.07, 6.45) is 2.45. The number of nitrogens with zero attached hydrogens (tertiary/aromatic N) is 1. The molecule has 0 saturated heterocycles. The molecule has 0 bridgehead atoms. The van der Waals surface area contributed by atoms with E-state index >= 15 is 0 Å². The van der Waals surface area contributed by atoms with Gasteiger partial charge < -0.3 is 20.1 Å². The molecule has 2 rings (SSSR count). The van der Waals surface area contributed by atoms with E-state index in [0.717, 1.165) is 30.0 Å². The minimum Gasteiger partial charge on any atom is -0.493 e. The third-order valence-electron chi connectivity index (χ3n) is 3.67. The highest BCUT2D eigenvalue weighted by atomic mass is 16.5. The maximum atomic E-state index is 12.2. The number of carbonyl (C=O) groups is 1. The summed E-state index contributed by atoms with van der Waals surface area (Å²) in [5.74, 6) is 1.25. The Morgan fingerprint density at radius 3 is 2.46 bits per heavy atom. The average molecular weight is 357 g/mol. The van der Waals surface area contributed by atoms with Crippen molar-refractivity contribution in [3.8, 4) is 11.5 Å². The largest absolute Gasteiger partial charge is 0.493 e. The van der Waals surface area contributed by atoms with Crippen molar-refractivity contribution in [2.45, 2.75) is 32.7 Å². The van der Waals surface area contributed by atoms with Crippen molar-refractivity contribution in [3.63, 3.8) is 0 Å². The van der Waals surface area contributed by atoms with Gasteiger partial charge >= 0.3 is 0 Å². The monoisotopic (exact) mass is 357 g/mol. The van der Waals surface area contributed by atoms with Crippen LogP contribution >= 0.6 is 0 Å². The van der Waals surface area contributed by atoms with Gasteiger partial charge in [0, 0.05) is 24.0 Å². The SMILES string of the molecule is COc1ccc(CCNc2ccnc(C(=O)NC(C)(C)C)c2)cc1OC. The molecule has 2 N–H and O–H groups in total. The van der Waals surface area contributed by atoms with E-state index in [1.54, 1.807) is 26.5 Å². The van der Waals surface area contributed by atoms with Crippen molar-refractivity contribution >= 4 is 11.6 Å². The van der Waals surface area contributed by atoms with Crippen molar-refractivity contribution in [1.29, 1.82) is 0 Å². The van der Waals surface area contributed by atoms with Gasteiger partial charge in [-0.3, -0.25) is 9.78 Å². The highest BCUT2D eigenvalue weighted by molar-refractivity contribution is 5.93. The van der Waals surface area contributed by atoms with E-state index in [9.17, 15) is 4.79 Å². The Labute approximate surface area is 154 Å². The van der Waals surface area contributed by atoms with Crippen LogP contribution in [0.2, 0.25) is 0 Å². The molecular weight excluding hydrogens is 330 g/mol. The molecule has 1 aromatic carbocycles. The fourth-order valence-electron chi connectivity index (χ4n) is 2.46. The molecule has 0 unspecified atom stereocenters. The van der Waals surface area contributed by atoms with E-state index in [1.807, 2.05) is 45.0 Å². The number of ether oxygens (including phenoxy) is 2. The van der Waals surface area contributed by atoms with Crippen molar-refractivity contribution in [2.24, 2.45) is 0 Å². The van der Waals surface area contributed by atoms with Gasteiger partial charge in [-0.1, -0.05) is 6.07 Å². The Morgan fingerprint density at radius 2 is 1.81 bits per heavy atom. The summed E-state index contributed by atoms with van der Waals surface area (Å²) in [6.45, 7) is 6.54. The lowest BCUT2D eigenvalue weighted by molar-refractivity contribution is 0.0914. The summed E-state index contributed by atoms with van der Waals surface area (Å²) in [5.41, 5.74) is 2.10. The van der Waals surface area contributed by atoms with E-state index in [-0.39, 0.29) is 11.4 Å². The zero-order valence-electron chi connectivity index (χ0n) is 16.1. The molecule has 2 aromatic rings. The maximum Gasteiger partial charge on any atom is 0.270 e. The zero-order chi connectivity index (χ0) is 19.2. The Hall–Kier alpha value is -2.76. The van der Waals surface area contributed by atoms with Crippen LogP contribution in [0.4, 0.5) is 5.69 Å². The van der Waals surface area contributed by atoms with Gasteiger partial charge in [0.15, 0.2) is 11.5 Å². The zero-order valence-corrected chi connectivity index (χ0v) is 16.1. The molecule has 0 aliphatic carbocycles. The lowest BCUT2D eigenvalue weighted by Gasteiger charge is -2.20. The van der Waals surface area contributed by atoms with Gasteiger partial charge in [-0.05, 0) is 57.0 Å². The minimum absolute atomic E-state index is 0.180. The molecule has 26 heavy (non-hydrogen) atoms. The fourth-order valence-corrected chi connectivity index (χ4v) is 2.46. The van der Waals surface area contributed by atoms with Gasteiger partial charge in [-0.25, -0.2) is 0 Å². The minimum atomic E-state index is -0.296. The number of pyridine rings is 1. The summed E-state index contributed by atoms with van der Waals surface area (Å²) in [4.78, 5) is 16.4. The summed E-state index contributed by atoms with van der Waals surface area (Å²) in [6, 6.07) is 9.49. The molecule has 140 valence electrons. The van der Waals surface area contributed by atoms with Crippen LogP contribution in [0.3, 0.4) is 0 Å². The molecule has 0 aliphatic heterocycles. The summed E-state index contributed by atoms with van der Waals surface area (Å²) in [5, 5.41) is 6.24. The molecule has 1 amide bonds. The highest BCUT2D eigenvalue weighted by Gasteiger charge is 2.16. The molecule has 0 saturated carbocycles. The van der Waals surface area contributed by atoms with Gasteiger partial charge in [0.05, 0.1) is 14.2 Å². The van der Waals surface area contributed by atoms with Crippen LogP contribution in [0.15, 0.2) is 36.5 Å². The number of hydrogen-bond donors (Lipinski definition) is 2. The van der Waals surface area contributed by atoms with Gasteiger partial charge in [-0.2, -0.15) is 0 Å². The molecule has 6 nitrogen and oxygen atoms in total. The first-order chi connectivity index (χ1) is 12.3. The van der Waals surface area contributed by atoms with E-state index in [2.05, 4.69) is 15.6 Å². The molecule has 0 fully saturated rings. The Bertz CT molecular complexity index is 754. The van der Waals surface area contributed by atoms with Crippen LogP contribution in [0.25, 0.3) is 0 Å². The number of amides is 1. The summed E-state index contributed by atoms with van der Waals surface area (Å²) >= 11 is 0. The number of methoxy groups -OCH3 is 2. The number of carbonyl (C=O) groups excluding carboxylic acids is 1. The summed E-state index contributed by atoms with van der Waals surface area (Å²) < 4.78 is 10.6. The lowest BCUT2D eigenvalue weighted by atomic mass is 10.1.